The van der Waals surface area contributed by atoms with Crippen molar-refractivity contribution in [1.82, 2.24) is 0 Å². The fraction of sp³-hybridized carbons (Fsp3) is 0.333. The Labute approximate surface area is 111 Å². The first-order chi connectivity index (χ1) is 8.95. The van der Waals surface area contributed by atoms with Gasteiger partial charge in [-0.3, -0.25) is 0 Å². The molecule has 1 aliphatic rings. The first-order valence-electron chi connectivity index (χ1n) is 6.07. The van der Waals surface area contributed by atoms with Gasteiger partial charge in [-0.05, 0) is 19.4 Å². The van der Waals surface area contributed by atoms with Crippen molar-refractivity contribution >= 4 is 11.7 Å². The number of esters is 1. The van der Waals surface area contributed by atoms with Gasteiger partial charge in [0.15, 0.2) is 0 Å². The highest BCUT2D eigenvalue weighted by atomic mass is 16.5. The monoisotopic (exact) mass is 257 g/mol. The summed E-state index contributed by atoms with van der Waals surface area (Å²) in [5, 5.41) is 19.1. The molecule has 1 N–H and O–H groups in total. The second-order valence-corrected chi connectivity index (χ2v) is 5.03. The molecular weight excluding hydrogens is 242 g/mol. The molecule has 1 aliphatic heterocycles. The van der Waals surface area contributed by atoms with Crippen LogP contribution in [0.4, 0.5) is 0 Å². The Balaban J connectivity index is 2.34. The minimum Gasteiger partial charge on any atom is -0.507 e. The number of nitriles is 1. The molecule has 0 unspecified atom stereocenters. The van der Waals surface area contributed by atoms with Gasteiger partial charge >= 0.3 is 5.97 Å². The third-order valence-corrected chi connectivity index (χ3v) is 3.28. The number of rotatable bonds is 2. The summed E-state index contributed by atoms with van der Waals surface area (Å²) < 4.78 is 4.80. The van der Waals surface area contributed by atoms with Gasteiger partial charge in [-0.1, -0.05) is 24.3 Å². The van der Waals surface area contributed by atoms with E-state index in [9.17, 15) is 9.90 Å². The van der Waals surface area contributed by atoms with E-state index >= 15 is 0 Å². The van der Waals surface area contributed by atoms with Crippen LogP contribution in [0.5, 0.6) is 0 Å². The quantitative estimate of drug-likeness (QED) is 0.502. The average molecular weight is 257 g/mol. The van der Waals surface area contributed by atoms with Crippen molar-refractivity contribution in [3.63, 3.8) is 0 Å². The molecule has 1 aromatic rings. The lowest BCUT2D eigenvalue weighted by atomic mass is 9.86. The zero-order valence-electron chi connectivity index (χ0n) is 10.9. The third kappa shape index (κ3) is 2.45. The van der Waals surface area contributed by atoms with Gasteiger partial charge in [-0.25, -0.2) is 4.79 Å². The van der Waals surface area contributed by atoms with Crippen LogP contribution in [-0.4, -0.2) is 17.7 Å². The van der Waals surface area contributed by atoms with Crippen molar-refractivity contribution in [2.45, 2.75) is 25.7 Å². The second-order valence-electron chi connectivity index (χ2n) is 5.03. The molecule has 1 heterocycles. The first kappa shape index (κ1) is 13.2. The Hall–Kier alpha value is -2.28. The number of cyclic esters (lactones) is 1. The molecule has 0 aliphatic carbocycles. The highest BCUT2D eigenvalue weighted by Crippen LogP contribution is 2.27. The molecule has 0 amide bonds. The molecular formula is C15H15NO3. The van der Waals surface area contributed by atoms with Gasteiger partial charge in [0.1, 0.15) is 5.76 Å². The van der Waals surface area contributed by atoms with Crippen LogP contribution in [0.15, 0.2) is 29.8 Å². The predicted octanol–water partition coefficient (Wildman–Crippen LogP) is 2.70. The fourth-order valence-electron chi connectivity index (χ4n) is 1.93. The van der Waals surface area contributed by atoms with Crippen molar-refractivity contribution in [2.24, 2.45) is 0 Å². The van der Waals surface area contributed by atoms with Gasteiger partial charge < -0.3 is 9.84 Å². The summed E-state index contributed by atoms with van der Waals surface area (Å²) in [6, 6.07) is 9.22. The smallest absolute Gasteiger partial charge is 0.337 e. The van der Waals surface area contributed by atoms with Gasteiger partial charge in [-0.15, -0.1) is 0 Å². The molecule has 0 atom stereocenters. The lowest BCUT2D eigenvalue weighted by Crippen LogP contribution is -2.13. The molecule has 0 spiro atoms. The predicted molar refractivity (Wildman–Crippen MR) is 70.2 cm³/mol. The Morgan fingerprint density at radius 2 is 2.00 bits per heavy atom. The number of aliphatic hydroxyl groups is 1. The van der Waals surface area contributed by atoms with Gasteiger partial charge in [0.05, 0.1) is 23.7 Å². The molecule has 1 aromatic carbocycles. The summed E-state index contributed by atoms with van der Waals surface area (Å²) in [7, 11) is 0. The van der Waals surface area contributed by atoms with E-state index in [-0.39, 0.29) is 5.76 Å². The molecule has 0 saturated carbocycles. The number of aliphatic hydroxyl groups excluding tert-OH is 1. The molecule has 98 valence electrons. The summed E-state index contributed by atoms with van der Waals surface area (Å²) in [6.45, 7) is 3.97. The van der Waals surface area contributed by atoms with Gasteiger partial charge in [0, 0.05) is 12.0 Å². The van der Waals surface area contributed by atoms with Crippen molar-refractivity contribution in [2.75, 3.05) is 6.61 Å². The zero-order valence-corrected chi connectivity index (χ0v) is 10.9. The maximum absolute atomic E-state index is 11.4. The van der Waals surface area contributed by atoms with Gasteiger partial charge in [0.25, 0.3) is 0 Å². The van der Waals surface area contributed by atoms with Crippen LogP contribution in [0.2, 0.25) is 0 Å². The topological polar surface area (TPSA) is 70.3 Å². The molecule has 2 rings (SSSR count). The van der Waals surface area contributed by atoms with E-state index in [4.69, 9.17) is 10.00 Å². The lowest BCUT2D eigenvalue weighted by Gasteiger charge is -2.16. The van der Waals surface area contributed by atoms with Crippen LogP contribution in [0.25, 0.3) is 5.76 Å². The maximum Gasteiger partial charge on any atom is 0.337 e. The normalized spacial score (nSPS) is 17.8. The molecule has 4 heteroatoms. The number of ether oxygens (including phenoxy) is 1. The van der Waals surface area contributed by atoms with Crippen LogP contribution in [-0.2, 0) is 14.9 Å². The van der Waals surface area contributed by atoms with Crippen molar-refractivity contribution in [1.29, 1.82) is 5.26 Å². The number of carbonyl (C=O) groups excluding carboxylic acids is 1. The Bertz CT molecular complexity index is 576. The van der Waals surface area contributed by atoms with Crippen molar-refractivity contribution in [3.05, 3.63) is 41.0 Å². The first-order valence-corrected chi connectivity index (χ1v) is 6.07. The molecule has 0 bridgehead atoms. The molecule has 4 nitrogen and oxygen atoms in total. The molecule has 0 aromatic heterocycles. The zero-order chi connectivity index (χ0) is 14.0. The van der Waals surface area contributed by atoms with E-state index < -0.39 is 11.4 Å². The standard InChI is InChI=1S/C15H15NO3/c1-15(2,9-16)11-5-3-10(4-6-11)13(17)12-7-8-19-14(12)18/h3-6,17H,7-8H2,1-2H3/b13-12-. The molecule has 19 heavy (non-hydrogen) atoms. The summed E-state index contributed by atoms with van der Waals surface area (Å²) in [6.07, 6.45) is 0.427. The summed E-state index contributed by atoms with van der Waals surface area (Å²) in [5.74, 6) is -0.497. The average Bonchev–Trinajstić information content (AvgIpc) is 2.84. The van der Waals surface area contributed by atoms with E-state index in [0.717, 1.165) is 5.56 Å². The van der Waals surface area contributed by atoms with Crippen molar-refractivity contribution < 1.29 is 14.6 Å². The lowest BCUT2D eigenvalue weighted by molar-refractivity contribution is -0.135. The minimum atomic E-state index is -0.576. The second kappa shape index (κ2) is 4.77. The van der Waals surface area contributed by atoms with Crippen LogP contribution < -0.4 is 0 Å². The molecule has 0 radical (unpaired) electrons. The van der Waals surface area contributed by atoms with Crippen LogP contribution in [0.3, 0.4) is 0 Å². The van der Waals surface area contributed by atoms with Crippen LogP contribution in [0.1, 0.15) is 31.4 Å². The maximum atomic E-state index is 11.4. The number of hydrogen-bond donors (Lipinski definition) is 1. The highest BCUT2D eigenvalue weighted by molar-refractivity contribution is 5.97. The number of carbonyl (C=O) groups is 1. The Morgan fingerprint density at radius 3 is 2.47 bits per heavy atom. The van der Waals surface area contributed by atoms with E-state index in [2.05, 4.69) is 6.07 Å². The largest absolute Gasteiger partial charge is 0.507 e. The third-order valence-electron chi connectivity index (χ3n) is 3.28. The van der Waals surface area contributed by atoms with Crippen LogP contribution in [0, 0.1) is 11.3 Å². The van der Waals surface area contributed by atoms with E-state index in [1.807, 2.05) is 13.8 Å². The number of nitrogens with zero attached hydrogens (tertiary/aromatic N) is 1. The number of hydrogen-bond acceptors (Lipinski definition) is 4. The SMILES string of the molecule is CC(C)(C#N)c1ccc(/C(O)=C2\CCOC2=O)cc1. The molecule has 1 saturated heterocycles. The Morgan fingerprint density at radius 1 is 1.37 bits per heavy atom. The van der Waals surface area contributed by atoms with E-state index in [1.54, 1.807) is 24.3 Å². The summed E-state index contributed by atoms with van der Waals surface area (Å²) in [5.41, 5.74) is 1.16. The van der Waals surface area contributed by atoms with Gasteiger partial charge in [0.2, 0.25) is 0 Å². The minimum absolute atomic E-state index is 0.0381. The van der Waals surface area contributed by atoms with Gasteiger partial charge in [-0.2, -0.15) is 5.26 Å². The summed E-state index contributed by atoms with van der Waals surface area (Å²) in [4.78, 5) is 11.4. The van der Waals surface area contributed by atoms with Crippen molar-refractivity contribution in [3.8, 4) is 6.07 Å². The van der Waals surface area contributed by atoms with Crippen LogP contribution >= 0.6 is 0 Å². The summed E-state index contributed by atoms with van der Waals surface area (Å²) >= 11 is 0. The fourth-order valence-corrected chi connectivity index (χ4v) is 1.93. The van der Waals surface area contributed by atoms with E-state index in [1.165, 1.54) is 0 Å². The van der Waals surface area contributed by atoms with E-state index in [0.29, 0.717) is 24.2 Å². The Kier molecular flexibility index (Phi) is 3.30. The highest BCUT2D eigenvalue weighted by Gasteiger charge is 2.24. The molecule has 1 fully saturated rings. The number of benzene rings is 1.